The fourth-order valence-electron chi connectivity index (χ4n) is 2.24. The second-order valence-corrected chi connectivity index (χ2v) is 6.38. The van der Waals surface area contributed by atoms with E-state index < -0.39 is 5.91 Å². The van der Waals surface area contributed by atoms with Crippen molar-refractivity contribution in [1.82, 2.24) is 9.97 Å². The summed E-state index contributed by atoms with van der Waals surface area (Å²) in [6.07, 6.45) is 12.2. The first kappa shape index (κ1) is 18.1. The van der Waals surface area contributed by atoms with E-state index in [1.807, 2.05) is 30.3 Å². The van der Waals surface area contributed by atoms with Crippen LogP contribution in [0.1, 0.15) is 15.2 Å². The van der Waals surface area contributed by atoms with Gasteiger partial charge >= 0.3 is 0 Å². The molecular formula is C21H15N3O2S. The number of ether oxygens (including phenoxy) is 1. The Labute approximate surface area is 160 Å². The van der Waals surface area contributed by atoms with Crippen LogP contribution in [0.25, 0.3) is 10.1 Å². The van der Waals surface area contributed by atoms with Gasteiger partial charge in [0, 0.05) is 24.0 Å². The summed E-state index contributed by atoms with van der Waals surface area (Å²) in [5, 5.41) is 0.788. The molecule has 6 heteroatoms. The molecule has 3 heterocycles. The third-order valence-corrected chi connectivity index (χ3v) is 4.57. The number of amides is 1. The first-order valence-electron chi connectivity index (χ1n) is 7.95. The average Bonchev–Trinajstić information content (AvgIpc) is 3.16. The maximum atomic E-state index is 11.3. The van der Waals surface area contributed by atoms with Gasteiger partial charge in [-0.25, -0.2) is 0 Å². The largest absolute Gasteiger partial charge is 0.454 e. The van der Waals surface area contributed by atoms with Crippen molar-refractivity contribution in [1.29, 1.82) is 0 Å². The van der Waals surface area contributed by atoms with E-state index in [1.54, 1.807) is 43.0 Å². The van der Waals surface area contributed by atoms with Crippen LogP contribution in [0.15, 0.2) is 73.3 Å². The van der Waals surface area contributed by atoms with Gasteiger partial charge < -0.3 is 10.5 Å². The Bertz CT molecular complexity index is 1070. The Kier molecular flexibility index (Phi) is 5.77. The highest BCUT2D eigenvalue weighted by atomic mass is 32.1. The molecule has 0 saturated carbocycles. The quantitative estimate of drug-likeness (QED) is 0.545. The molecule has 5 nitrogen and oxygen atoms in total. The highest BCUT2D eigenvalue weighted by molar-refractivity contribution is 7.20. The summed E-state index contributed by atoms with van der Waals surface area (Å²) in [5.74, 6) is 3.22. The van der Waals surface area contributed by atoms with Crippen molar-refractivity contribution in [2.45, 2.75) is 0 Å². The minimum Gasteiger partial charge on any atom is -0.454 e. The zero-order valence-electron chi connectivity index (χ0n) is 14.2. The van der Waals surface area contributed by atoms with E-state index >= 15 is 0 Å². The van der Waals surface area contributed by atoms with Gasteiger partial charge in [-0.2, -0.15) is 0 Å². The molecule has 1 aromatic carbocycles. The van der Waals surface area contributed by atoms with Crippen LogP contribution < -0.4 is 10.5 Å². The molecule has 0 fully saturated rings. The number of nitrogens with two attached hydrogens (primary N) is 1. The average molecular weight is 373 g/mol. The molecule has 1 amide bonds. The summed E-state index contributed by atoms with van der Waals surface area (Å²) < 4.78 is 6.69. The van der Waals surface area contributed by atoms with Crippen molar-refractivity contribution in [3.8, 4) is 23.8 Å². The van der Waals surface area contributed by atoms with Crippen LogP contribution in [-0.2, 0) is 0 Å². The molecule has 4 aromatic rings. The molecule has 2 N–H and O–H groups in total. The molecular weight excluding hydrogens is 358 g/mol. The van der Waals surface area contributed by atoms with Gasteiger partial charge in [-0.05, 0) is 30.3 Å². The number of hydrogen-bond acceptors (Lipinski definition) is 5. The topological polar surface area (TPSA) is 78.1 Å². The molecule has 0 aliphatic heterocycles. The molecule has 0 bridgehead atoms. The van der Waals surface area contributed by atoms with Gasteiger partial charge in [0.05, 0.1) is 21.3 Å². The van der Waals surface area contributed by atoms with Crippen molar-refractivity contribution < 1.29 is 9.53 Å². The number of primary amides is 1. The summed E-state index contributed by atoms with van der Waals surface area (Å²) in [6, 6.07) is 14.7. The monoisotopic (exact) mass is 373 g/mol. The number of benzene rings is 1. The number of carbonyl (C=O) groups excluding carboxylic acids is 1. The highest BCUT2D eigenvalue weighted by Gasteiger charge is 2.12. The summed E-state index contributed by atoms with van der Waals surface area (Å²) in [4.78, 5) is 19.7. The summed E-state index contributed by atoms with van der Waals surface area (Å²) in [5.41, 5.74) is 5.96. The Morgan fingerprint density at radius 3 is 2.44 bits per heavy atom. The van der Waals surface area contributed by atoms with Gasteiger partial charge in [0.2, 0.25) is 0 Å². The number of para-hydroxylation sites is 1. The van der Waals surface area contributed by atoms with Crippen LogP contribution in [0.3, 0.4) is 0 Å². The van der Waals surface area contributed by atoms with E-state index in [1.165, 1.54) is 11.3 Å². The van der Waals surface area contributed by atoms with E-state index in [9.17, 15) is 4.79 Å². The van der Waals surface area contributed by atoms with Crippen LogP contribution in [0.2, 0.25) is 0 Å². The molecule has 132 valence electrons. The number of carbonyl (C=O) groups is 1. The molecule has 0 aliphatic rings. The van der Waals surface area contributed by atoms with Gasteiger partial charge in [0.25, 0.3) is 5.91 Å². The third kappa shape index (κ3) is 4.48. The summed E-state index contributed by atoms with van der Waals surface area (Å²) in [7, 11) is 0. The number of aromatic nitrogens is 2. The van der Waals surface area contributed by atoms with Gasteiger partial charge in [-0.3, -0.25) is 14.8 Å². The first-order valence-corrected chi connectivity index (χ1v) is 8.76. The normalized spacial score (nSPS) is 9.74. The van der Waals surface area contributed by atoms with Crippen LogP contribution in [0.4, 0.5) is 0 Å². The molecule has 0 spiro atoms. The molecule has 3 aromatic heterocycles. The van der Waals surface area contributed by atoms with E-state index in [-0.39, 0.29) is 0 Å². The zero-order chi connectivity index (χ0) is 19.1. The molecule has 0 atom stereocenters. The van der Waals surface area contributed by atoms with E-state index in [4.69, 9.17) is 16.9 Å². The third-order valence-electron chi connectivity index (χ3n) is 3.48. The smallest absolute Gasteiger partial charge is 0.258 e. The SMILES string of the molecule is C#Cc1ccccc1Oc1cncc2sc(C(N)=O)cc12.c1ccncc1. The fourth-order valence-corrected chi connectivity index (χ4v) is 3.14. The predicted octanol–water partition coefficient (Wildman–Crippen LogP) is 4.25. The second-order valence-electron chi connectivity index (χ2n) is 5.29. The minimum absolute atomic E-state index is 0.466. The van der Waals surface area contributed by atoms with Crippen molar-refractivity contribution >= 4 is 27.3 Å². The molecule has 0 saturated heterocycles. The molecule has 0 unspecified atom stereocenters. The number of nitrogens with zero attached hydrogens (tertiary/aromatic N) is 2. The van der Waals surface area contributed by atoms with Gasteiger partial charge in [0.15, 0.2) is 5.75 Å². The maximum Gasteiger partial charge on any atom is 0.258 e. The van der Waals surface area contributed by atoms with E-state index in [0.29, 0.717) is 21.9 Å². The van der Waals surface area contributed by atoms with Gasteiger partial charge in [-0.15, -0.1) is 17.8 Å². The van der Waals surface area contributed by atoms with Crippen molar-refractivity contribution in [2.24, 2.45) is 5.73 Å². The maximum absolute atomic E-state index is 11.3. The summed E-state index contributed by atoms with van der Waals surface area (Å²) in [6.45, 7) is 0. The fraction of sp³-hybridized carbons (Fsp3) is 0. The van der Waals surface area contributed by atoms with Crippen molar-refractivity contribution in [2.75, 3.05) is 0 Å². The molecule has 4 rings (SSSR count). The highest BCUT2D eigenvalue weighted by Crippen LogP contribution is 2.35. The van der Waals surface area contributed by atoms with E-state index in [0.717, 1.165) is 10.1 Å². The number of rotatable bonds is 3. The Morgan fingerprint density at radius 1 is 1.04 bits per heavy atom. The number of pyridine rings is 2. The lowest BCUT2D eigenvalue weighted by Gasteiger charge is -2.08. The Balaban J connectivity index is 0.000000299. The lowest BCUT2D eigenvalue weighted by atomic mass is 10.2. The van der Waals surface area contributed by atoms with Crippen LogP contribution >= 0.6 is 11.3 Å². The van der Waals surface area contributed by atoms with Crippen LogP contribution in [0.5, 0.6) is 11.5 Å². The molecule has 0 aliphatic carbocycles. The number of hydrogen-bond donors (Lipinski definition) is 1. The molecule has 0 radical (unpaired) electrons. The standard InChI is InChI=1S/C16H10N2O2S.C5H5N/c1-2-10-5-3-4-6-12(10)20-13-8-18-9-15-11(13)7-14(21-15)16(17)19;1-2-4-6-5-3-1/h1,3-9H,(H2,17,19);1-5H. The number of thiophene rings is 1. The van der Waals surface area contributed by atoms with Gasteiger partial charge in [-0.1, -0.05) is 24.1 Å². The Morgan fingerprint density at radius 2 is 1.81 bits per heavy atom. The lowest BCUT2D eigenvalue weighted by Crippen LogP contribution is -2.08. The minimum atomic E-state index is -0.467. The van der Waals surface area contributed by atoms with Crippen molar-refractivity contribution in [3.63, 3.8) is 0 Å². The van der Waals surface area contributed by atoms with Crippen LogP contribution in [-0.4, -0.2) is 15.9 Å². The summed E-state index contributed by atoms with van der Waals surface area (Å²) >= 11 is 1.28. The molecule has 27 heavy (non-hydrogen) atoms. The van der Waals surface area contributed by atoms with Gasteiger partial charge in [0.1, 0.15) is 5.75 Å². The predicted molar refractivity (Wildman–Crippen MR) is 107 cm³/mol. The van der Waals surface area contributed by atoms with Crippen LogP contribution in [0, 0.1) is 12.3 Å². The lowest BCUT2D eigenvalue weighted by molar-refractivity contribution is 0.100. The number of terminal acetylenes is 1. The Hall–Kier alpha value is -3.69. The van der Waals surface area contributed by atoms with Crippen molar-refractivity contribution in [3.05, 3.63) is 83.8 Å². The second kappa shape index (κ2) is 8.61. The first-order chi connectivity index (χ1) is 13.2. The number of fused-ring (bicyclic) bond motifs is 1. The van der Waals surface area contributed by atoms with E-state index in [2.05, 4.69) is 15.9 Å². The zero-order valence-corrected chi connectivity index (χ0v) is 15.0.